The van der Waals surface area contributed by atoms with Crippen LogP contribution in [0.4, 0.5) is 0 Å². The predicted octanol–water partition coefficient (Wildman–Crippen LogP) is 1.15. The van der Waals surface area contributed by atoms with Crippen LogP contribution in [0.1, 0.15) is 48.8 Å². The Kier molecular flexibility index (Phi) is 10.2. The predicted molar refractivity (Wildman–Crippen MR) is 109 cm³/mol. The quantitative estimate of drug-likeness (QED) is 0.427. The largest absolute Gasteiger partial charge is 0.483 e. The molecule has 2 amide bonds. The Bertz CT molecular complexity index is 780. The third-order valence-electron chi connectivity index (χ3n) is 4.93. The summed E-state index contributed by atoms with van der Waals surface area (Å²) in [5, 5.41) is 16.5. The molecule has 11 nitrogen and oxygen atoms in total. The van der Waals surface area contributed by atoms with Gasteiger partial charge >= 0.3 is 0 Å². The van der Waals surface area contributed by atoms with Crippen molar-refractivity contribution in [3.8, 4) is 0 Å². The van der Waals surface area contributed by atoms with Crippen molar-refractivity contribution in [1.29, 1.82) is 0 Å². The van der Waals surface area contributed by atoms with E-state index in [1.165, 1.54) is 12.3 Å². The Morgan fingerprint density at radius 3 is 2.87 bits per heavy atom. The molecular weight excluding hydrogens is 406 g/mol. The van der Waals surface area contributed by atoms with Crippen LogP contribution >= 0.6 is 0 Å². The highest BCUT2D eigenvalue weighted by Crippen LogP contribution is 2.27. The lowest BCUT2D eigenvalue weighted by Crippen LogP contribution is -2.50. The number of H-pyrrole nitrogens is 1. The van der Waals surface area contributed by atoms with Crippen molar-refractivity contribution >= 4 is 18.3 Å². The minimum absolute atomic E-state index is 0.0332. The minimum atomic E-state index is -0.286. The van der Waals surface area contributed by atoms with Gasteiger partial charge in [-0.2, -0.15) is 0 Å². The second kappa shape index (κ2) is 13.2. The molecule has 1 saturated carbocycles. The fourth-order valence-electron chi connectivity index (χ4n) is 3.44. The number of hydrogen-bond donors (Lipinski definition) is 4. The van der Waals surface area contributed by atoms with Gasteiger partial charge in [-0.05, 0) is 25.7 Å². The molecule has 0 saturated heterocycles. The normalized spacial score (nSPS) is 20.2. The van der Waals surface area contributed by atoms with Crippen molar-refractivity contribution in [2.24, 2.45) is 5.92 Å². The summed E-state index contributed by atoms with van der Waals surface area (Å²) >= 11 is 0. The lowest BCUT2D eigenvalue weighted by Gasteiger charge is -2.35. The van der Waals surface area contributed by atoms with Crippen molar-refractivity contribution in [2.75, 3.05) is 13.2 Å². The summed E-state index contributed by atoms with van der Waals surface area (Å²) in [5.41, 5.74) is 1.23. The van der Waals surface area contributed by atoms with Crippen LogP contribution in [0.25, 0.3) is 0 Å². The number of aromatic nitrogens is 3. The molecule has 0 unspecified atom stereocenters. The maximum atomic E-state index is 12.6. The summed E-state index contributed by atoms with van der Waals surface area (Å²) in [5.74, 6) is -0.374. The van der Waals surface area contributed by atoms with Crippen LogP contribution in [0.5, 0.6) is 0 Å². The van der Waals surface area contributed by atoms with Crippen LogP contribution < -0.4 is 10.6 Å². The average Bonchev–Trinajstić information content (AvgIpc) is 3.48. The molecule has 1 fully saturated rings. The van der Waals surface area contributed by atoms with E-state index in [4.69, 9.17) is 19.2 Å². The Labute approximate surface area is 179 Å². The van der Waals surface area contributed by atoms with Gasteiger partial charge in [-0.1, -0.05) is 12.1 Å². The van der Waals surface area contributed by atoms with Crippen LogP contribution in [0.3, 0.4) is 0 Å². The zero-order valence-corrected chi connectivity index (χ0v) is 17.5. The summed E-state index contributed by atoms with van der Waals surface area (Å²) in [6.45, 7) is 2.94. The first-order chi connectivity index (χ1) is 15.1. The van der Waals surface area contributed by atoms with E-state index in [2.05, 4.69) is 25.8 Å². The van der Waals surface area contributed by atoms with Gasteiger partial charge in [0.2, 0.25) is 5.91 Å². The van der Waals surface area contributed by atoms with Gasteiger partial charge in [-0.15, -0.1) is 0 Å². The number of rotatable bonds is 9. The van der Waals surface area contributed by atoms with Gasteiger partial charge in [-0.25, -0.2) is 4.98 Å². The number of carbonyl (C=O) groups is 3. The molecular formula is C20H29N5O6. The minimum Gasteiger partial charge on any atom is -0.483 e. The Morgan fingerprint density at radius 1 is 1.42 bits per heavy atom. The molecule has 3 atom stereocenters. The van der Waals surface area contributed by atoms with E-state index >= 15 is 0 Å². The van der Waals surface area contributed by atoms with Gasteiger partial charge in [0, 0.05) is 43.4 Å². The molecule has 31 heavy (non-hydrogen) atoms. The SMILES string of the molecule is CCCO[C@@H]1C[C@@H](C(=O)NCCc2cnc[nH]2)CC[C@H]1NC(=O)c1ccon1.O=CO. The molecule has 2 heterocycles. The van der Waals surface area contributed by atoms with Gasteiger partial charge in [0.25, 0.3) is 12.4 Å². The summed E-state index contributed by atoms with van der Waals surface area (Å²) in [6.07, 6.45) is 8.09. The van der Waals surface area contributed by atoms with Crippen LogP contribution in [0, 0.1) is 5.92 Å². The van der Waals surface area contributed by atoms with Gasteiger partial charge in [0.05, 0.1) is 18.5 Å². The highest BCUT2D eigenvalue weighted by atomic mass is 16.5. The summed E-state index contributed by atoms with van der Waals surface area (Å²) < 4.78 is 10.7. The summed E-state index contributed by atoms with van der Waals surface area (Å²) in [4.78, 5) is 40.2. The number of nitrogens with one attached hydrogen (secondary N) is 3. The van der Waals surface area contributed by atoms with E-state index in [1.807, 2.05) is 6.92 Å². The standard InChI is InChI=1S/C19H27N5O4.CH2O2/c1-2-8-27-17-10-13(18(25)21-7-5-14-11-20-12-22-14)3-4-15(17)23-19(26)16-6-9-28-24-16;2-1-3/h6,9,11-13,15,17H,2-5,7-8,10H2,1H3,(H,20,22)(H,21,25)(H,23,26);1H,(H,2,3)/t13-,15+,17+;/m0./s1. The Hall–Kier alpha value is -3.21. The molecule has 0 aliphatic heterocycles. The molecule has 4 N–H and O–H groups in total. The lowest BCUT2D eigenvalue weighted by atomic mass is 9.83. The van der Waals surface area contributed by atoms with E-state index < -0.39 is 0 Å². The van der Waals surface area contributed by atoms with Crippen LogP contribution in [-0.4, -0.2) is 63.8 Å². The number of imidazole rings is 1. The fourth-order valence-corrected chi connectivity index (χ4v) is 3.44. The molecule has 2 aromatic heterocycles. The number of carboxylic acid groups (broad SMARTS) is 1. The highest BCUT2D eigenvalue weighted by Gasteiger charge is 2.35. The first-order valence-electron chi connectivity index (χ1n) is 10.2. The van der Waals surface area contributed by atoms with Gasteiger partial charge in [0.1, 0.15) is 6.26 Å². The Morgan fingerprint density at radius 2 is 2.23 bits per heavy atom. The smallest absolute Gasteiger partial charge is 0.290 e. The molecule has 3 rings (SSSR count). The molecule has 1 aliphatic rings. The second-order valence-electron chi connectivity index (χ2n) is 7.11. The van der Waals surface area contributed by atoms with E-state index in [0.717, 1.165) is 12.1 Å². The van der Waals surface area contributed by atoms with Crippen molar-refractivity contribution in [1.82, 2.24) is 25.8 Å². The zero-order chi connectivity index (χ0) is 22.5. The summed E-state index contributed by atoms with van der Waals surface area (Å²) in [6, 6.07) is 1.38. The first kappa shape index (κ1) is 24.1. The van der Waals surface area contributed by atoms with E-state index in [0.29, 0.717) is 38.8 Å². The number of hydrogen-bond acceptors (Lipinski definition) is 7. The molecule has 2 aromatic rings. The fraction of sp³-hybridized carbons (Fsp3) is 0.550. The monoisotopic (exact) mass is 435 g/mol. The summed E-state index contributed by atoms with van der Waals surface area (Å²) in [7, 11) is 0. The number of carbonyl (C=O) groups excluding carboxylic acids is 2. The van der Waals surface area contributed by atoms with Gasteiger partial charge in [0.15, 0.2) is 5.69 Å². The maximum absolute atomic E-state index is 12.6. The zero-order valence-electron chi connectivity index (χ0n) is 17.5. The van der Waals surface area contributed by atoms with E-state index in [1.54, 1.807) is 12.5 Å². The molecule has 0 spiro atoms. The molecule has 1 aliphatic carbocycles. The van der Waals surface area contributed by atoms with Crippen LogP contribution in [-0.2, 0) is 20.7 Å². The van der Waals surface area contributed by atoms with Crippen molar-refractivity contribution in [3.05, 3.63) is 36.2 Å². The molecule has 0 radical (unpaired) electrons. The molecule has 0 aromatic carbocycles. The van der Waals surface area contributed by atoms with Gasteiger partial charge < -0.3 is 30.0 Å². The van der Waals surface area contributed by atoms with E-state index in [9.17, 15) is 9.59 Å². The number of nitrogens with zero attached hydrogens (tertiary/aromatic N) is 2. The number of amides is 2. The molecule has 170 valence electrons. The molecule has 0 bridgehead atoms. The second-order valence-corrected chi connectivity index (χ2v) is 7.11. The van der Waals surface area contributed by atoms with Crippen LogP contribution in [0.15, 0.2) is 29.4 Å². The van der Waals surface area contributed by atoms with Crippen molar-refractivity contribution < 1.29 is 28.8 Å². The van der Waals surface area contributed by atoms with E-state index in [-0.39, 0.29) is 42.0 Å². The first-order valence-corrected chi connectivity index (χ1v) is 10.2. The third kappa shape index (κ3) is 7.85. The highest BCUT2D eigenvalue weighted by molar-refractivity contribution is 5.92. The number of aromatic amines is 1. The van der Waals surface area contributed by atoms with Crippen LogP contribution in [0.2, 0.25) is 0 Å². The molecule has 11 heteroatoms. The topological polar surface area (TPSA) is 159 Å². The van der Waals surface area contributed by atoms with Crippen molar-refractivity contribution in [3.63, 3.8) is 0 Å². The van der Waals surface area contributed by atoms with Crippen molar-refractivity contribution in [2.45, 2.75) is 51.2 Å². The number of ether oxygens (including phenoxy) is 1. The maximum Gasteiger partial charge on any atom is 0.290 e. The third-order valence-corrected chi connectivity index (χ3v) is 4.93. The van der Waals surface area contributed by atoms with Gasteiger partial charge in [-0.3, -0.25) is 14.4 Å². The lowest BCUT2D eigenvalue weighted by molar-refractivity contribution is -0.128. The average molecular weight is 435 g/mol. The Balaban J connectivity index is 0.00000107.